The first-order valence-corrected chi connectivity index (χ1v) is 6.57. The van der Waals surface area contributed by atoms with E-state index in [9.17, 15) is 0 Å². The topological polar surface area (TPSA) is 29.3 Å². The lowest BCUT2D eigenvalue weighted by Crippen LogP contribution is -2.22. The van der Waals surface area contributed by atoms with Gasteiger partial charge in [0.1, 0.15) is 0 Å². The van der Waals surface area contributed by atoms with Crippen LogP contribution in [0.5, 0.6) is 0 Å². The fraction of sp³-hybridized carbons (Fsp3) is 0.571. The van der Waals surface area contributed by atoms with E-state index in [1.54, 1.807) is 0 Å². The second-order valence-corrected chi connectivity index (χ2v) is 6.24. The zero-order chi connectivity index (χ0) is 12.6. The summed E-state index contributed by atoms with van der Waals surface area (Å²) in [5.74, 6) is 0. The van der Waals surface area contributed by atoms with Gasteiger partial charge < -0.3 is 10.6 Å². The van der Waals surface area contributed by atoms with Crippen LogP contribution in [0.25, 0.3) is 0 Å². The van der Waals surface area contributed by atoms with Gasteiger partial charge in [-0.1, -0.05) is 31.5 Å². The first-order valence-electron chi connectivity index (χ1n) is 6.19. The first kappa shape index (κ1) is 12.7. The molecule has 1 aliphatic rings. The maximum absolute atomic E-state index is 6.27. The van der Waals surface area contributed by atoms with Crippen molar-refractivity contribution in [2.75, 3.05) is 18.0 Å². The molecule has 1 atom stereocenters. The van der Waals surface area contributed by atoms with E-state index < -0.39 is 0 Å². The highest BCUT2D eigenvalue weighted by molar-refractivity contribution is 6.31. The monoisotopic (exact) mass is 252 g/mol. The van der Waals surface area contributed by atoms with Gasteiger partial charge in [0.2, 0.25) is 0 Å². The Kier molecular flexibility index (Phi) is 3.37. The average Bonchev–Trinajstić information content (AvgIpc) is 2.58. The van der Waals surface area contributed by atoms with Crippen molar-refractivity contribution in [2.24, 2.45) is 11.1 Å². The van der Waals surface area contributed by atoms with Crippen molar-refractivity contribution in [1.29, 1.82) is 0 Å². The van der Waals surface area contributed by atoms with Crippen molar-refractivity contribution in [3.63, 3.8) is 0 Å². The van der Waals surface area contributed by atoms with E-state index in [1.165, 1.54) is 12.1 Å². The van der Waals surface area contributed by atoms with E-state index in [2.05, 4.69) is 24.8 Å². The summed E-state index contributed by atoms with van der Waals surface area (Å²) < 4.78 is 0. The minimum absolute atomic E-state index is 0.00781. The molecule has 3 heteroatoms. The van der Waals surface area contributed by atoms with Gasteiger partial charge in [0.15, 0.2) is 0 Å². The number of hydrogen-bond donors (Lipinski definition) is 1. The fourth-order valence-corrected chi connectivity index (χ4v) is 2.76. The minimum Gasteiger partial charge on any atom is -0.371 e. The Balaban J connectivity index is 2.21. The Morgan fingerprint density at radius 2 is 2.12 bits per heavy atom. The highest BCUT2D eigenvalue weighted by Gasteiger charge is 2.29. The van der Waals surface area contributed by atoms with E-state index in [0.717, 1.165) is 23.7 Å². The molecule has 1 fully saturated rings. The lowest BCUT2D eigenvalue weighted by atomic mass is 9.93. The molecule has 0 radical (unpaired) electrons. The third-order valence-corrected chi connectivity index (χ3v) is 3.84. The summed E-state index contributed by atoms with van der Waals surface area (Å²) in [7, 11) is 0. The molecule has 0 spiro atoms. The van der Waals surface area contributed by atoms with E-state index in [-0.39, 0.29) is 6.04 Å². The summed E-state index contributed by atoms with van der Waals surface area (Å²) in [4.78, 5) is 2.40. The zero-order valence-corrected chi connectivity index (χ0v) is 11.6. The van der Waals surface area contributed by atoms with Gasteiger partial charge in [-0.3, -0.25) is 0 Å². The Morgan fingerprint density at radius 1 is 1.41 bits per heavy atom. The van der Waals surface area contributed by atoms with Crippen molar-refractivity contribution in [3.05, 3.63) is 28.8 Å². The van der Waals surface area contributed by atoms with Crippen LogP contribution in [0.2, 0.25) is 5.02 Å². The summed E-state index contributed by atoms with van der Waals surface area (Å²) in [6.45, 7) is 8.79. The molecule has 0 aromatic heterocycles. The molecule has 1 heterocycles. The first-order chi connectivity index (χ1) is 7.89. The molecular formula is C14H21ClN2. The van der Waals surface area contributed by atoms with Gasteiger partial charge in [0, 0.05) is 29.8 Å². The molecule has 94 valence electrons. The number of rotatable bonds is 2. The molecule has 1 aromatic carbocycles. The highest BCUT2D eigenvalue weighted by Crippen LogP contribution is 2.34. The van der Waals surface area contributed by atoms with Crippen LogP contribution >= 0.6 is 11.6 Å². The summed E-state index contributed by atoms with van der Waals surface area (Å²) in [5.41, 5.74) is 8.51. The van der Waals surface area contributed by atoms with E-state index in [0.29, 0.717) is 5.41 Å². The Hall–Kier alpha value is -0.730. The number of anilines is 1. The van der Waals surface area contributed by atoms with E-state index >= 15 is 0 Å². The average molecular weight is 253 g/mol. The molecular weight excluding hydrogens is 232 g/mol. The highest BCUT2D eigenvalue weighted by atomic mass is 35.5. The van der Waals surface area contributed by atoms with Crippen molar-refractivity contribution in [3.8, 4) is 0 Å². The summed E-state index contributed by atoms with van der Waals surface area (Å²) in [5, 5.41) is 0.780. The van der Waals surface area contributed by atoms with Gasteiger partial charge >= 0.3 is 0 Å². The van der Waals surface area contributed by atoms with Gasteiger partial charge in [0.05, 0.1) is 0 Å². The second-order valence-electron chi connectivity index (χ2n) is 5.83. The van der Waals surface area contributed by atoms with Gasteiger partial charge in [-0.25, -0.2) is 0 Å². The van der Waals surface area contributed by atoms with Crippen LogP contribution in [0.4, 0.5) is 5.69 Å². The van der Waals surface area contributed by atoms with Gasteiger partial charge in [-0.2, -0.15) is 0 Å². The Bertz CT molecular complexity index is 413. The van der Waals surface area contributed by atoms with Crippen molar-refractivity contribution in [2.45, 2.75) is 33.2 Å². The van der Waals surface area contributed by atoms with Gasteiger partial charge in [0.25, 0.3) is 0 Å². The third-order valence-electron chi connectivity index (χ3n) is 3.52. The standard InChI is InChI=1S/C14H21ClN2/c1-10(16)12-5-4-11(8-13(12)15)17-7-6-14(2,3)9-17/h4-5,8,10H,6-7,9,16H2,1-3H3. The van der Waals surface area contributed by atoms with Crippen molar-refractivity contribution >= 4 is 17.3 Å². The molecule has 2 N–H and O–H groups in total. The molecule has 1 aromatic rings. The molecule has 2 rings (SSSR count). The van der Waals surface area contributed by atoms with E-state index in [4.69, 9.17) is 17.3 Å². The molecule has 0 saturated carbocycles. The number of nitrogens with two attached hydrogens (primary N) is 1. The maximum atomic E-state index is 6.27. The predicted octanol–water partition coefficient (Wildman–Crippen LogP) is 3.60. The van der Waals surface area contributed by atoms with Crippen LogP contribution in [-0.4, -0.2) is 13.1 Å². The zero-order valence-electron chi connectivity index (χ0n) is 10.8. The quantitative estimate of drug-likeness (QED) is 0.872. The normalized spacial score (nSPS) is 20.6. The Morgan fingerprint density at radius 3 is 2.59 bits per heavy atom. The fourth-order valence-electron chi connectivity index (χ4n) is 2.41. The minimum atomic E-state index is -0.00781. The molecule has 1 unspecified atom stereocenters. The molecule has 0 aliphatic carbocycles. The molecule has 0 bridgehead atoms. The van der Waals surface area contributed by atoms with Crippen molar-refractivity contribution in [1.82, 2.24) is 0 Å². The molecule has 17 heavy (non-hydrogen) atoms. The smallest absolute Gasteiger partial charge is 0.0474 e. The SMILES string of the molecule is CC(N)c1ccc(N2CCC(C)(C)C2)cc1Cl. The van der Waals surface area contributed by atoms with Gasteiger partial charge in [-0.15, -0.1) is 0 Å². The third kappa shape index (κ3) is 2.75. The van der Waals surface area contributed by atoms with Crippen LogP contribution in [0, 0.1) is 5.41 Å². The molecule has 1 saturated heterocycles. The van der Waals surface area contributed by atoms with Gasteiger partial charge in [-0.05, 0) is 36.5 Å². The maximum Gasteiger partial charge on any atom is 0.0474 e. The number of benzene rings is 1. The summed E-state index contributed by atoms with van der Waals surface area (Å²) in [6, 6.07) is 6.22. The van der Waals surface area contributed by atoms with Crippen LogP contribution in [0.1, 0.15) is 38.8 Å². The summed E-state index contributed by atoms with van der Waals surface area (Å²) in [6.07, 6.45) is 1.24. The predicted molar refractivity (Wildman–Crippen MR) is 74.7 cm³/mol. The lowest BCUT2D eigenvalue weighted by molar-refractivity contribution is 0.418. The molecule has 2 nitrogen and oxygen atoms in total. The number of nitrogens with zero attached hydrogens (tertiary/aromatic N) is 1. The number of halogens is 1. The number of hydrogen-bond acceptors (Lipinski definition) is 2. The van der Waals surface area contributed by atoms with Crippen LogP contribution in [-0.2, 0) is 0 Å². The van der Waals surface area contributed by atoms with Crippen LogP contribution < -0.4 is 10.6 Å². The van der Waals surface area contributed by atoms with Crippen molar-refractivity contribution < 1.29 is 0 Å². The second kappa shape index (κ2) is 4.51. The molecule has 1 aliphatic heterocycles. The van der Waals surface area contributed by atoms with Crippen LogP contribution in [0.15, 0.2) is 18.2 Å². The summed E-state index contributed by atoms with van der Waals surface area (Å²) >= 11 is 6.27. The van der Waals surface area contributed by atoms with Crippen LogP contribution in [0.3, 0.4) is 0 Å². The molecule has 0 amide bonds. The van der Waals surface area contributed by atoms with E-state index in [1.807, 2.05) is 19.1 Å². The Labute approximate surface area is 109 Å². The lowest BCUT2D eigenvalue weighted by Gasteiger charge is -2.22. The largest absolute Gasteiger partial charge is 0.371 e.